The molecule has 0 saturated carbocycles. The summed E-state index contributed by atoms with van der Waals surface area (Å²) in [5.41, 5.74) is 4.72. The van der Waals surface area contributed by atoms with Gasteiger partial charge in [-0.2, -0.15) is 0 Å². The Hall–Kier alpha value is -3.50. The van der Waals surface area contributed by atoms with Crippen LogP contribution in [0.5, 0.6) is 0 Å². The minimum absolute atomic E-state index is 0.186. The highest BCUT2D eigenvalue weighted by molar-refractivity contribution is 14.2. The maximum atomic E-state index is 15.1. The van der Waals surface area contributed by atoms with E-state index in [1.165, 1.54) is 18.2 Å². The Morgan fingerprint density at radius 2 is 1.91 bits per heavy atom. The van der Waals surface area contributed by atoms with Crippen LogP contribution >= 0.6 is 32.3 Å². The third kappa shape index (κ3) is 4.59. The zero-order valence-corrected chi connectivity index (χ0v) is 21.0. The van der Waals surface area contributed by atoms with Crippen molar-refractivity contribution in [3.63, 3.8) is 0 Å². The van der Waals surface area contributed by atoms with Gasteiger partial charge in [0.05, 0.1) is 23.5 Å². The average Bonchev–Trinajstić information content (AvgIpc) is 3.00. The number of benzene rings is 3. The molecule has 1 aliphatic heterocycles. The van der Waals surface area contributed by atoms with Crippen molar-refractivity contribution < 1.29 is 14.3 Å². The van der Waals surface area contributed by atoms with E-state index in [1.54, 1.807) is 36.5 Å². The number of hydrogen-bond donors (Lipinski definition) is 2. The van der Waals surface area contributed by atoms with Crippen LogP contribution in [0.25, 0.3) is 11.3 Å². The molecule has 2 N–H and O–H groups in total. The predicted molar refractivity (Wildman–Crippen MR) is 145 cm³/mol. The van der Waals surface area contributed by atoms with Crippen LogP contribution in [0.15, 0.2) is 71.9 Å². The lowest BCUT2D eigenvalue weighted by Crippen LogP contribution is -2.10. The van der Waals surface area contributed by atoms with Gasteiger partial charge in [0, 0.05) is 42.7 Å². The van der Waals surface area contributed by atoms with Crippen LogP contribution < -0.4 is 5.32 Å². The molecule has 4 aromatic rings. The van der Waals surface area contributed by atoms with Gasteiger partial charge in [-0.3, -0.25) is 4.99 Å². The smallest absolute Gasteiger partial charge is 0.335 e. The van der Waals surface area contributed by atoms with Crippen molar-refractivity contribution in [2.45, 2.75) is 6.54 Å². The second-order valence-corrected chi connectivity index (χ2v) is 10.0. The van der Waals surface area contributed by atoms with Gasteiger partial charge in [-0.15, -0.1) is 0 Å². The Morgan fingerprint density at radius 3 is 2.66 bits per heavy atom. The van der Waals surface area contributed by atoms with Gasteiger partial charge in [0.15, 0.2) is 0 Å². The van der Waals surface area contributed by atoms with Gasteiger partial charge in [0.25, 0.3) is 0 Å². The molecule has 0 amide bonds. The van der Waals surface area contributed by atoms with Crippen molar-refractivity contribution in [3.05, 3.63) is 104 Å². The number of rotatable bonds is 5. The molecule has 35 heavy (non-hydrogen) atoms. The molecule has 2 heterocycles. The van der Waals surface area contributed by atoms with Gasteiger partial charge >= 0.3 is 5.97 Å². The summed E-state index contributed by atoms with van der Waals surface area (Å²) in [5, 5.41) is 12.7. The number of anilines is 2. The highest BCUT2D eigenvalue weighted by atomic mass is 127. The molecule has 6 nitrogen and oxygen atoms in total. The molecule has 3 aromatic carbocycles. The van der Waals surface area contributed by atoms with Crippen molar-refractivity contribution in [3.8, 4) is 11.3 Å². The molecule has 174 valence electrons. The average molecular weight is 599 g/mol. The first-order valence-electron chi connectivity index (χ1n) is 10.4. The zero-order chi connectivity index (χ0) is 24.5. The van der Waals surface area contributed by atoms with Crippen molar-refractivity contribution in [1.82, 2.24) is 9.97 Å². The quantitative estimate of drug-likeness (QED) is 0.263. The number of nitrogens with zero attached hydrogens (tertiary/aromatic N) is 3. The number of aromatic carboxylic acids is 1. The van der Waals surface area contributed by atoms with E-state index in [1.807, 2.05) is 12.1 Å². The van der Waals surface area contributed by atoms with Gasteiger partial charge in [0.1, 0.15) is 5.82 Å². The minimum atomic E-state index is -0.997. The molecule has 0 saturated heterocycles. The Labute approximate surface area is 215 Å². The van der Waals surface area contributed by atoms with Crippen LogP contribution in [0.4, 0.5) is 16.0 Å². The monoisotopic (exact) mass is 598 g/mol. The molecule has 0 radical (unpaired) electrons. The second-order valence-electron chi connectivity index (χ2n) is 7.66. The SMILES string of the molecule is C=Ic1cccc(F)c1C1=NCc2cnc(Nc3ccc(C(=O)O)cc3)nc2-c2ccc(Cl)cc21. The van der Waals surface area contributed by atoms with Crippen LogP contribution in [-0.2, 0) is 6.54 Å². The molecular formula is C26H17ClFIN4O2. The number of carboxylic acid groups (broad SMARTS) is 1. The van der Waals surface area contributed by atoms with Crippen LogP contribution in [0.3, 0.4) is 0 Å². The van der Waals surface area contributed by atoms with Gasteiger partial charge in [0.2, 0.25) is 5.95 Å². The summed E-state index contributed by atoms with van der Waals surface area (Å²) in [6.07, 6.45) is 1.69. The fourth-order valence-electron chi connectivity index (χ4n) is 3.86. The van der Waals surface area contributed by atoms with E-state index < -0.39 is 26.7 Å². The lowest BCUT2D eigenvalue weighted by atomic mass is 9.95. The number of nitrogens with one attached hydrogen (secondary N) is 1. The summed E-state index contributed by atoms with van der Waals surface area (Å²) in [4.78, 5) is 25.0. The highest BCUT2D eigenvalue weighted by Crippen LogP contribution is 2.35. The van der Waals surface area contributed by atoms with E-state index in [-0.39, 0.29) is 17.9 Å². The van der Waals surface area contributed by atoms with Crippen LogP contribution in [-0.4, -0.2) is 31.3 Å². The lowest BCUT2D eigenvalue weighted by Gasteiger charge is -2.14. The maximum Gasteiger partial charge on any atom is 0.335 e. The highest BCUT2D eigenvalue weighted by Gasteiger charge is 2.24. The number of halogens is 3. The summed E-state index contributed by atoms with van der Waals surface area (Å²) in [7, 11) is 0. The van der Waals surface area contributed by atoms with E-state index in [0.717, 1.165) is 14.7 Å². The third-order valence-corrected chi connectivity index (χ3v) is 7.45. The number of fused-ring (bicyclic) bond motifs is 3. The number of aromatic nitrogens is 2. The van der Waals surface area contributed by atoms with Gasteiger partial charge in [-0.25, -0.2) is 19.2 Å². The topological polar surface area (TPSA) is 87.5 Å². The fourth-order valence-corrected chi connectivity index (χ4v) is 5.39. The molecule has 0 bridgehead atoms. The van der Waals surface area contributed by atoms with E-state index in [4.69, 9.17) is 26.7 Å². The summed E-state index contributed by atoms with van der Waals surface area (Å²) in [6, 6.07) is 16.7. The third-order valence-electron chi connectivity index (χ3n) is 5.50. The fraction of sp³-hybridized carbons (Fsp3) is 0.0385. The summed E-state index contributed by atoms with van der Waals surface area (Å²) in [5.74, 6) is -1.01. The summed E-state index contributed by atoms with van der Waals surface area (Å²) >= 11 is 5.71. The minimum Gasteiger partial charge on any atom is -0.478 e. The molecule has 1 aromatic heterocycles. The number of carbonyl (C=O) groups is 1. The van der Waals surface area contributed by atoms with Crippen molar-refractivity contribution in [2.75, 3.05) is 5.32 Å². The molecule has 9 heteroatoms. The van der Waals surface area contributed by atoms with E-state index in [2.05, 4.69) is 14.8 Å². The Balaban J connectivity index is 1.60. The van der Waals surface area contributed by atoms with Crippen molar-refractivity contribution in [2.24, 2.45) is 4.99 Å². The Bertz CT molecular complexity index is 1520. The van der Waals surface area contributed by atoms with Gasteiger partial charge in [-0.05, 0) is 48.5 Å². The molecule has 0 unspecified atom stereocenters. The zero-order valence-electron chi connectivity index (χ0n) is 18.1. The number of carboxylic acids is 1. The second kappa shape index (κ2) is 9.63. The van der Waals surface area contributed by atoms with Crippen LogP contribution in [0, 0.1) is 9.39 Å². The standard InChI is InChI=1S/C26H17ClFIN4O2/c1-29-21-4-2-3-20(28)22(21)24-19-11-16(27)7-10-18(19)23-15(12-30-24)13-31-26(33-23)32-17-8-5-14(6-9-17)25(34)35/h2-11,13H,1,12H2,(H,34,35)(H,31,32,33). The van der Waals surface area contributed by atoms with Gasteiger partial charge < -0.3 is 10.4 Å². The maximum absolute atomic E-state index is 15.1. The molecule has 0 fully saturated rings. The number of aliphatic imine (C=N–C) groups is 1. The van der Waals surface area contributed by atoms with Crippen molar-refractivity contribution >= 4 is 60.2 Å². The summed E-state index contributed by atoms with van der Waals surface area (Å²) < 4.78 is 20.0. The normalized spacial score (nSPS) is 12.2. The molecule has 5 rings (SSSR count). The molecule has 1 aliphatic rings. The molecule has 0 atom stereocenters. The molecule has 0 aliphatic carbocycles. The van der Waals surface area contributed by atoms with E-state index >= 15 is 4.39 Å². The molecular weight excluding hydrogens is 582 g/mol. The van der Waals surface area contributed by atoms with Crippen molar-refractivity contribution in [1.29, 1.82) is 0 Å². The van der Waals surface area contributed by atoms with Crippen LogP contribution in [0.2, 0.25) is 5.02 Å². The summed E-state index contributed by atoms with van der Waals surface area (Å²) in [6.45, 7) is 0.272. The number of hydrogen-bond acceptors (Lipinski definition) is 5. The van der Waals surface area contributed by atoms with E-state index in [9.17, 15) is 4.79 Å². The molecule has 0 spiro atoms. The lowest BCUT2D eigenvalue weighted by molar-refractivity contribution is 0.0697. The first-order chi connectivity index (χ1) is 16.9. The van der Waals surface area contributed by atoms with E-state index in [0.29, 0.717) is 39.2 Å². The van der Waals surface area contributed by atoms with Crippen LogP contribution in [0.1, 0.15) is 27.0 Å². The van der Waals surface area contributed by atoms with Gasteiger partial charge in [-0.1, -0.05) is 49.0 Å². The Kier molecular flexibility index (Phi) is 6.40. The first-order valence-corrected chi connectivity index (χ1v) is 13.4. The largest absolute Gasteiger partial charge is 0.478 e. The predicted octanol–water partition coefficient (Wildman–Crippen LogP) is 6.30. The first kappa shape index (κ1) is 23.3. The Morgan fingerprint density at radius 1 is 1.11 bits per heavy atom.